The lowest BCUT2D eigenvalue weighted by molar-refractivity contribution is 0.689. The summed E-state index contributed by atoms with van der Waals surface area (Å²) in [5.74, 6) is 1.37. The van der Waals surface area contributed by atoms with Gasteiger partial charge >= 0.3 is 0 Å². The quantitative estimate of drug-likeness (QED) is 0.101. The lowest BCUT2D eigenvalue weighted by atomic mass is 9.84. The van der Waals surface area contributed by atoms with Crippen LogP contribution >= 0.6 is 0 Å². The molecule has 8 rings (SSSR count). The molecule has 388 valence electrons. The van der Waals surface area contributed by atoms with Crippen molar-refractivity contribution >= 4 is 102 Å². The molecular formula is C46H56N20O4S4. The van der Waals surface area contributed by atoms with Gasteiger partial charge in [0.15, 0.2) is 23.3 Å². The van der Waals surface area contributed by atoms with Crippen molar-refractivity contribution in [2.75, 3.05) is 95.9 Å². The van der Waals surface area contributed by atoms with Crippen LogP contribution in [0.1, 0.15) is 22.3 Å². The predicted octanol–water partition coefficient (Wildman–Crippen LogP) is 2.74. The van der Waals surface area contributed by atoms with Crippen molar-refractivity contribution in [3.63, 3.8) is 0 Å². The molecule has 0 spiro atoms. The summed E-state index contributed by atoms with van der Waals surface area (Å²) >= 11 is 0. The molecule has 0 unspecified atom stereocenters. The third-order valence-corrected chi connectivity index (χ3v) is 8.66. The van der Waals surface area contributed by atoms with Gasteiger partial charge in [-0.3, -0.25) is 16.8 Å². The van der Waals surface area contributed by atoms with Crippen molar-refractivity contribution in [2.24, 2.45) is 0 Å². The fraction of sp³-hybridized carbons (Fsp3) is 0.174. The van der Waals surface area contributed by atoms with E-state index >= 15 is 0 Å². The van der Waals surface area contributed by atoms with Crippen LogP contribution in [0.25, 0.3) is 56.7 Å². The Labute approximate surface area is 437 Å². The third kappa shape index (κ3) is 18.7. The molecule has 0 bridgehead atoms. The molecule has 0 aliphatic carbocycles. The van der Waals surface area contributed by atoms with Crippen molar-refractivity contribution in [3.05, 3.63) is 119 Å². The Kier molecular flexibility index (Phi) is 21.6. The highest BCUT2D eigenvalue weighted by Crippen LogP contribution is 2.39. The Hall–Kier alpha value is -8.34. The monoisotopic (exact) mass is 1080 g/mol. The normalized spacial score (nSPS) is 10.5. The first-order valence-electron chi connectivity index (χ1n) is 21.1. The molecule has 0 atom stereocenters. The topological polar surface area (TPSA) is 431 Å². The zero-order valence-corrected chi connectivity index (χ0v) is 44.8. The number of nitrogen functional groups attached to an aromatic ring is 8. The van der Waals surface area contributed by atoms with Crippen LogP contribution < -0.4 is 45.9 Å². The van der Waals surface area contributed by atoms with Gasteiger partial charge in [-0.1, -0.05) is 97.1 Å². The zero-order chi connectivity index (χ0) is 54.8. The summed E-state index contributed by atoms with van der Waals surface area (Å²) in [5, 5.41) is 0. The third-order valence-electron chi connectivity index (χ3n) is 8.66. The first-order valence-corrected chi connectivity index (χ1v) is 29.0. The minimum absolute atomic E-state index is 0.00759. The summed E-state index contributed by atoms with van der Waals surface area (Å²) < 4.78 is 38.2. The number of hydrogen-bond donors (Lipinski definition) is 8. The van der Waals surface area contributed by atoms with Gasteiger partial charge in [-0.25, -0.2) is 0 Å². The Bertz CT molecular complexity index is 2780. The van der Waals surface area contributed by atoms with Gasteiger partial charge in [0.1, 0.15) is 0 Å². The molecule has 4 heterocycles. The summed E-state index contributed by atoms with van der Waals surface area (Å²) in [7, 11) is -2.44. The average molecular weight is 1080 g/mol. The second-order valence-electron chi connectivity index (χ2n) is 15.5. The van der Waals surface area contributed by atoms with Crippen molar-refractivity contribution in [2.45, 2.75) is 0 Å². The van der Waals surface area contributed by atoms with Crippen LogP contribution in [0.2, 0.25) is 0 Å². The van der Waals surface area contributed by atoms with Crippen LogP contribution in [-0.2, 0) is 43.2 Å². The fourth-order valence-corrected chi connectivity index (χ4v) is 6.21. The molecule has 0 amide bonds. The van der Waals surface area contributed by atoms with E-state index in [1.165, 1.54) is 0 Å². The number of benzene rings is 4. The Morgan fingerprint density at radius 1 is 0.257 bits per heavy atom. The van der Waals surface area contributed by atoms with Crippen LogP contribution in [0.15, 0.2) is 97.1 Å². The molecular weight excluding hydrogens is 1020 g/mol. The van der Waals surface area contributed by atoms with E-state index in [0.717, 1.165) is 33.4 Å². The van der Waals surface area contributed by atoms with E-state index in [2.05, 4.69) is 59.8 Å². The molecule has 0 aliphatic heterocycles. The van der Waals surface area contributed by atoms with Gasteiger partial charge in [0.05, 0.1) is 0 Å². The summed E-state index contributed by atoms with van der Waals surface area (Å²) in [6.45, 7) is 0. The summed E-state index contributed by atoms with van der Waals surface area (Å²) in [5.41, 5.74) is 54.8. The Morgan fingerprint density at radius 3 is 0.500 bits per heavy atom. The van der Waals surface area contributed by atoms with Gasteiger partial charge in [0.25, 0.3) is 0 Å². The van der Waals surface area contributed by atoms with E-state index in [4.69, 9.17) is 45.9 Å². The average Bonchev–Trinajstić information content (AvgIpc) is 3.29. The second kappa shape index (κ2) is 27.5. The Morgan fingerprint density at radius 2 is 0.378 bits per heavy atom. The van der Waals surface area contributed by atoms with Crippen molar-refractivity contribution in [3.8, 4) is 45.6 Å². The fourth-order valence-electron chi connectivity index (χ4n) is 6.21. The van der Waals surface area contributed by atoms with Gasteiger partial charge in [-0.2, -0.15) is 59.8 Å². The molecule has 0 saturated carbocycles. The molecule has 4 aromatic carbocycles. The standard InChI is InChI=1S/C38H32N20.4C2H6OS/c39-31-47-27(48-32(40)55-31)21-9-1-17(2-10-21)25(18-3-11-22(12-4-18)28-49-33(41)56-34(42)50-28)26(19-5-13-23(14-6-19)29-51-35(43)57-36(44)52-29)20-7-15-24(16-8-20)30-53-37(45)58-38(46)54-30;4*1-4(2)3/h1-16H,(H4,39,40,47,48,55)(H4,41,42,49,50,56)(H4,43,44,51,52,57)(H4,45,46,53,54,58);4*1-2H3. The maximum atomic E-state index is 9.56. The van der Waals surface area contributed by atoms with Crippen molar-refractivity contribution < 1.29 is 16.8 Å². The van der Waals surface area contributed by atoms with Crippen LogP contribution in [-0.4, -0.2) is 127 Å². The minimum Gasteiger partial charge on any atom is -0.368 e. The number of aromatic nitrogens is 12. The molecule has 0 radical (unpaired) electrons. The van der Waals surface area contributed by atoms with Crippen LogP contribution in [0, 0.1) is 0 Å². The predicted molar refractivity (Wildman–Crippen MR) is 301 cm³/mol. The van der Waals surface area contributed by atoms with Crippen molar-refractivity contribution in [1.82, 2.24) is 59.8 Å². The van der Waals surface area contributed by atoms with E-state index in [9.17, 15) is 16.8 Å². The zero-order valence-electron chi connectivity index (χ0n) is 41.5. The second-order valence-corrected chi connectivity index (χ2v) is 21.5. The molecule has 4 aromatic heterocycles. The van der Waals surface area contributed by atoms with E-state index in [1.54, 1.807) is 50.0 Å². The van der Waals surface area contributed by atoms with E-state index in [1.807, 2.05) is 97.1 Å². The number of nitrogens with two attached hydrogens (primary N) is 8. The first-order chi connectivity index (χ1) is 34.9. The molecule has 74 heavy (non-hydrogen) atoms. The number of anilines is 8. The highest BCUT2D eigenvalue weighted by Gasteiger charge is 2.19. The Balaban J connectivity index is 0.000000652. The van der Waals surface area contributed by atoms with Gasteiger partial charge in [-0.15, -0.1) is 0 Å². The maximum absolute atomic E-state index is 9.56. The summed E-state index contributed by atoms with van der Waals surface area (Å²) in [4.78, 5) is 49.8. The van der Waals surface area contributed by atoms with Gasteiger partial charge in [0.2, 0.25) is 47.6 Å². The molecule has 0 aliphatic rings. The van der Waals surface area contributed by atoms with Crippen LogP contribution in [0.4, 0.5) is 47.6 Å². The molecule has 0 saturated heterocycles. The molecule has 16 N–H and O–H groups in total. The summed E-state index contributed by atoms with van der Waals surface area (Å²) in [6, 6.07) is 30.7. The van der Waals surface area contributed by atoms with Gasteiger partial charge in [0, 0.05) is 115 Å². The van der Waals surface area contributed by atoms with Crippen LogP contribution in [0.3, 0.4) is 0 Å². The largest absolute Gasteiger partial charge is 0.368 e. The molecule has 24 nitrogen and oxygen atoms in total. The van der Waals surface area contributed by atoms with E-state index < -0.39 is 43.2 Å². The minimum atomic E-state index is -0.611. The number of hydrogen-bond acceptors (Lipinski definition) is 24. The SMILES string of the molecule is CS(C)=O.CS(C)=O.CS(C)=O.CS(C)=O.Nc1nc(N)nc(-c2ccc(C(=C(c3ccc(-c4nc(N)nc(N)n4)cc3)c3ccc(-c4nc(N)nc(N)n4)cc3)c3ccc(-c4nc(N)nc(N)n4)cc3)cc2)n1. The lowest BCUT2D eigenvalue weighted by Crippen LogP contribution is -2.05. The molecule has 0 fully saturated rings. The maximum Gasteiger partial charge on any atom is 0.225 e. The molecule has 8 aromatic rings. The smallest absolute Gasteiger partial charge is 0.225 e. The summed E-state index contributed by atoms with van der Waals surface area (Å²) in [6.07, 6.45) is 13.1. The highest BCUT2D eigenvalue weighted by molar-refractivity contribution is 7.84. The van der Waals surface area contributed by atoms with Gasteiger partial charge in [-0.05, 0) is 33.4 Å². The lowest BCUT2D eigenvalue weighted by Gasteiger charge is -2.19. The van der Waals surface area contributed by atoms with Crippen molar-refractivity contribution in [1.29, 1.82) is 0 Å². The van der Waals surface area contributed by atoms with E-state index in [-0.39, 0.29) is 47.6 Å². The highest BCUT2D eigenvalue weighted by atomic mass is 32.2. The van der Waals surface area contributed by atoms with Crippen LogP contribution in [0.5, 0.6) is 0 Å². The first kappa shape index (κ1) is 58.2. The van der Waals surface area contributed by atoms with E-state index in [0.29, 0.717) is 45.6 Å². The number of rotatable bonds is 8. The number of nitrogens with zero attached hydrogens (tertiary/aromatic N) is 12. The molecule has 28 heteroatoms. The van der Waals surface area contributed by atoms with Gasteiger partial charge < -0.3 is 45.9 Å².